The number of benzene rings is 5. The molecule has 0 amide bonds. The topological polar surface area (TPSA) is 433 Å². The van der Waals surface area contributed by atoms with Crippen LogP contribution in [0.5, 0.6) is 23.0 Å². The predicted octanol–water partition coefficient (Wildman–Crippen LogP) is 8.96. The average molecular weight is 1250 g/mol. The molecule has 0 aliphatic heterocycles. The van der Waals surface area contributed by atoms with E-state index in [0.717, 1.165) is 24.3 Å². The van der Waals surface area contributed by atoms with Gasteiger partial charge in [0.15, 0.2) is 0 Å². The molecule has 0 bridgehead atoms. The molecule has 6 aromatic rings. The summed E-state index contributed by atoms with van der Waals surface area (Å²) in [5.41, 5.74) is 0.382. The Labute approximate surface area is 467 Å². The number of halogens is 2. The lowest BCUT2D eigenvalue weighted by molar-refractivity contribution is 0.310. The maximum atomic E-state index is 12.0. The highest BCUT2D eigenvalue weighted by Gasteiger charge is 2.21. The van der Waals surface area contributed by atoms with E-state index in [9.17, 15) is 64.9 Å². The van der Waals surface area contributed by atoms with Gasteiger partial charge in [0.25, 0.3) is 50.6 Å². The van der Waals surface area contributed by atoms with E-state index in [4.69, 9.17) is 42.1 Å². The Morgan fingerprint density at radius 3 is 1.27 bits per heavy atom. The summed E-state index contributed by atoms with van der Waals surface area (Å²) in [5, 5.41) is 25.1. The summed E-state index contributed by atoms with van der Waals surface area (Å²) >= 11 is 13.4. The molecule has 5 aromatic carbocycles. The Hall–Kier alpha value is -6.96. The first kappa shape index (κ1) is 62.2. The van der Waals surface area contributed by atoms with Crippen molar-refractivity contribution in [2.75, 3.05) is 54.9 Å². The van der Waals surface area contributed by atoms with Gasteiger partial charge < -0.3 is 34.9 Å². The van der Waals surface area contributed by atoms with Crippen molar-refractivity contribution < 1.29 is 83.8 Å². The summed E-state index contributed by atoms with van der Waals surface area (Å²) in [6.07, 6.45) is 0.171. The van der Waals surface area contributed by atoms with Crippen LogP contribution in [-0.4, -0.2) is 119 Å². The van der Waals surface area contributed by atoms with Crippen molar-refractivity contribution in [2.45, 2.75) is 46.9 Å². The van der Waals surface area contributed by atoms with E-state index < -0.39 is 71.9 Å². The van der Waals surface area contributed by atoms with Gasteiger partial charge in [-0.15, -0.1) is 10.2 Å². The number of nitrogens with one attached hydrogen (secondary N) is 3. The van der Waals surface area contributed by atoms with E-state index in [2.05, 4.69) is 51.4 Å². The van der Waals surface area contributed by atoms with Gasteiger partial charge in [-0.05, 0) is 91.9 Å². The highest BCUT2D eigenvalue weighted by atomic mass is 35.5. The van der Waals surface area contributed by atoms with E-state index in [1.54, 1.807) is 0 Å². The maximum absolute atomic E-state index is 12.0. The zero-order chi connectivity index (χ0) is 58.6. The van der Waals surface area contributed by atoms with Crippen LogP contribution in [0.15, 0.2) is 120 Å². The highest BCUT2D eigenvalue weighted by molar-refractivity contribution is 7.86. The monoisotopic (exact) mass is 1250 g/mol. The van der Waals surface area contributed by atoms with Crippen LogP contribution in [0.1, 0.15) is 31.2 Å². The van der Waals surface area contributed by atoms with Gasteiger partial charge in [0.2, 0.25) is 17.8 Å². The maximum Gasteiger partial charge on any atom is 0.298 e. The Morgan fingerprint density at radius 1 is 0.487 bits per heavy atom. The van der Waals surface area contributed by atoms with Crippen molar-refractivity contribution in [2.24, 2.45) is 20.5 Å². The number of nitrogens with zero attached hydrogens (tertiary/aromatic N) is 7. The van der Waals surface area contributed by atoms with Crippen LogP contribution in [0.2, 0.25) is 10.0 Å². The van der Waals surface area contributed by atoms with E-state index in [1.165, 1.54) is 74.9 Å². The molecule has 1 heterocycles. The number of hydrogen-bond donors (Lipinski definition) is 8. The summed E-state index contributed by atoms with van der Waals surface area (Å²) in [5.74, 6) is -2.16. The molecule has 0 atom stereocenters. The molecule has 0 radical (unpaired) electrons. The second-order valence-electron chi connectivity index (χ2n) is 16.3. The fraction of sp³-hybridized carbons (Fsp3) is 0.250. The van der Waals surface area contributed by atoms with Gasteiger partial charge in [-0.25, -0.2) is 0 Å². The van der Waals surface area contributed by atoms with Crippen LogP contribution in [0.3, 0.4) is 0 Å². The molecule has 29 nitrogen and oxygen atoms in total. The summed E-state index contributed by atoms with van der Waals surface area (Å²) in [4.78, 5) is 11.9. The number of rotatable bonds is 28. The molecule has 1 aromatic heterocycles. The zero-order valence-electron chi connectivity index (χ0n) is 41.3. The van der Waals surface area contributed by atoms with E-state index in [1.807, 2.05) is 0 Å². The van der Waals surface area contributed by atoms with E-state index in [0.29, 0.717) is 5.56 Å². The van der Waals surface area contributed by atoms with Crippen molar-refractivity contribution in [1.29, 1.82) is 0 Å². The second kappa shape index (κ2) is 26.5. The molecule has 0 fully saturated rings. The third-order valence-electron chi connectivity index (χ3n) is 10.4. The first-order valence-corrected chi connectivity index (χ1v) is 30.9. The zero-order valence-corrected chi connectivity index (χ0v) is 46.9. The first-order valence-electron chi connectivity index (χ1n) is 22.6. The van der Waals surface area contributed by atoms with Crippen molar-refractivity contribution >= 4 is 126 Å². The van der Waals surface area contributed by atoms with Crippen molar-refractivity contribution in [3.8, 4) is 23.0 Å². The number of unbranched alkanes of at least 4 members (excludes halogenated alkanes) is 2. The predicted molar refractivity (Wildman–Crippen MR) is 289 cm³/mol. The quantitative estimate of drug-likeness (QED) is 0.0129. The third-order valence-corrected chi connectivity index (χ3v) is 15.2. The lowest BCUT2D eigenvalue weighted by atomic mass is 10.2. The van der Waals surface area contributed by atoms with Gasteiger partial charge >= 0.3 is 0 Å². The minimum atomic E-state index is -4.76. The Balaban J connectivity index is 1.41. The van der Waals surface area contributed by atoms with Crippen molar-refractivity contribution in [3.63, 3.8) is 0 Å². The smallest absolute Gasteiger partial charge is 0.298 e. The van der Waals surface area contributed by atoms with Crippen molar-refractivity contribution in [3.05, 3.63) is 101 Å². The van der Waals surface area contributed by atoms with E-state index >= 15 is 0 Å². The van der Waals surface area contributed by atoms with Gasteiger partial charge in [0.1, 0.15) is 44.2 Å². The molecule has 8 N–H and O–H groups in total. The van der Waals surface area contributed by atoms with Gasteiger partial charge in [0, 0.05) is 18.7 Å². The number of aromatic nitrogens is 3. The molecular weight excluding hydrogens is 1200 g/mol. The molecule has 0 aliphatic carbocycles. The van der Waals surface area contributed by atoms with E-state index in [-0.39, 0.29) is 135 Å². The molecule has 0 aliphatic rings. The Kier molecular flexibility index (Phi) is 20.6. The number of methoxy groups -OCH3 is 2. The number of hydrogen-bond acceptors (Lipinski definition) is 24. The molecule has 0 saturated heterocycles. The number of anilines is 5. The Morgan fingerprint density at radius 2 is 0.900 bits per heavy atom. The fourth-order valence-corrected chi connectivity index (χ4v) is 10.0. The average Bonchev–Trinajstić information content (AvgIpc) is 3.43. The SMILES string of the molecule is COc1ccc(N=Nc2cc(OCCCCS(=O)(=O)O)c(Nc3nc(NCc4ccc(S(=O)(=O)O)cc4)nc(Nc4cc(Cl)c(N=Nc5ccc(OC)c(S(=O)(=O)O)c5)cc4OCCCCS(=O)(=O)O)n3)cc2Cl)cc1S(=O)(=O)O. The molecule has 36 heteroatoms. The van der Waals surface area contributed by atoms with Gasteiger partial charge in [-0.3, -0.25) is 22.8 Å². The first-order chi connectivity index (χ1) is 37.5. The minimum Gasteiger partial charge on any atom is -0.495 e. The van der Waals surface area contributed by atoms with Gasteiger partial charge in [-0.1, -0.05) is 35.3 Å². The van der Waals surface area contributed by atoms with Crippen LogP contribution >= 0.6 is 23.2 Å². The fourth-order valence-electron chi connectivity index (χ4n) is 6.66. The summed E-state index contributed by atoms with van der Waals surface area (Å²) < 4.78 is 187. The molecule has 0 spiro atoms. The summed E-state index contributed by atoms with van der Waals surface area (Å²) in [7, 11) is -20.3. The molecular formula is C44H46Cl2N10O19S5. The largest absolute Gasteiger partial charge is 0.495 e. The summed E-state index contributed by atoms with van der Waals surface area (Å²) in [6, 6.07) is 17.5. The molecule has 0 saturated carbocycles. The van der Waals surface area contributed by atoms with Gasteiger partial charge in [-0.2, -0.15) is 67.3 Å². The molecule has 80 heavy (non-hydrogen) atoms. The van der Waals surface area contributed by atoms with Crippen LogP contribution in [-0.2, 0) is 57.1 Å². The number of ether oxygens (including phenoxy) is 4. The van der Waals surface area contributed by atoms with Crippen LogP contribution < -0.4 is 34.9 Å². The standard InChI is InChI=1S/C44H46Cl2N10O19S5/c1-72-36-13-9-27(19-40(36)79(66,67)68)53-55-32-23-38(74-15-3-5-17-76(57,58)59)34(21-30(32)45)48-43-50-42(47-25-26-7-11-29(12-8-26)78(63,64)65)51-44(52-43)49-35-22-31(46)33(24-39(35)75-16-4-6-18-77(60,61)62)56-54-28-10-14-37(73-2)41(20-28)80(69,70)71/h7-14,19-24H,3-6,15-18,25H2,1-2H3,(H,57,58,59)(H,60,61,62)(H,63,64,65)(H,66,67,68)(H,69,70,71)(H3,47,48,49,50,51,52). The van der Waals surface area contributed by atoms with Crippen LogP contribution in [0.25, 0.3) is 0 Å². The second-order valence-corrected chi connectivity index (χ2v) is 24.5. The lowest BCUT2D eigenvalue weighted by Crippen LogP contribution is -2.11. The highest BCUT2D eigenvalue weighted by Crippen LogP contribution is 2.41. The van der Waals surface area contributed by atoms with Gasteiger partial charge in [0.05, 0.1) is 76.6 Å². The Bertz CT molecular complexity index is 3690. The van der Waals surface area contributed by atoms with Crippen LogP contribution in [0.4, 0.5) is 52.0 Å². The van der Waals surface area contributed by atoms with Crippen LogP contribution in [0, 0.1) is 0 Å². The lowest BCUT2D eigenvalue weighted by Gasteiger charge is -2.17. The van der Waals surface area contributed by atoms with Crippen molar-refractivity contribution in [1.82, 2.24) is 15.0 Å². The summed E-state index contributed by atoms with van der Waals surface area (Å²) in [6.45, 7) is -0.347. The molecule has 6 rings (SSSR count). The molecule has 0 unspecified atom stereocenters. The normalized spacial score (nSPS) is 12.4. The number of azo groups is 2. The molecule has 430 valence electrons. The minimum absolute atomic E-state index is 0.0167. The third kappa shape index (κ3) is 18.8.